The quantitative estimate of drug-likeness (QED) is 0.677. The van der Waals surface area contributed by atoms with Gasteiger partial charge < -0.3 is 4.74 Å². The number of hydrogen-bond donors (Lipinski definition) is 0. The molecule has 0 N–H and O–H groups in total. The Kier molecular flexibility index (Phi) is 4.03. The fourth-order valence-electron chi connectivity index (χ4n) is 3.26. The molecule has 122 valence electrons. The number of hydrogen-bond acceptors (Lipinski definition) is 3. The van der Waals surface area contributed by atoms with Crippen molar-refractivity contribution in [2.75, 3.05) is 6.61 Å². The summed E-state index contributed by atoms with van der Waals surface area (Å²) in [4.78, 5) is 17.2. The fourth-order valence-corrected chi connectivity index (χ4v) is 3.26. The van der Waals surface area contributed by atoms with Crippen LogP contribution < -0.4 is 10.3 Å². The lowest BCUT2D eigenvalue weighted by atomic mass is 10.1. The van der Waals surface area contributed by atoms with Crippen LogP contribution in [0.5, 0.6) is 5.75 Å². The monoisotopic (exact) mass is 320 g/mol. The maximum Gasteiger partial charge on any atom is 0.261 e. The Balaban J connectivity index is 1.46. The Labute approximate surface area is 140 Å². The van der Waals surface area contributed by atoms with E-state index in [0.29, 0.717) is 12.0 Å². The van der Waals surface area contributed by atoms with Gasteiger partial charge in [0.05, 0.1) is 17.5 Å². The average molecular weight is 320 g/mol. The van der Waals surface area contributed by atoms with Crippen molar-refractivity contribution >= 4 is 10.9 Å². The van der Waals surface area contributed by atoms with Crippen LogP contribution in [0.3, 0.4) is 0 Å². The maximum absolute atomic E-state index is 12.6. The van der Waals surface area contributed by atoms with Gasteiger partial charge in [0, 0.05) is 13.0 Å². The van der Waals surface area contributed by atoms with Crippen molar-refractivity contribution in [1.82, 2.24) is 9.55 Å². The van der Waals surface area contributed by atoms with E-state index in [4.69, 9.17) is 4.74 Å². The molecule has 0 amide bonds. The number of aromatic nitrogens is 2. The average Bonchev–Trinajstić information content (AvgIpc) is 3.09. The normalized spacial score (nSPS) is 13.2. The summed E-state index contributed by atoms with van der Waals surface area (Å²) >= 11 is 0. The summed E-state index contributed by atoms with van der Waals surface area (Å²) in [5.74, 6) is 1.65. The molecule has 1 aliphatic rings. The van der Waals surface area contributed by atoms with Gasteiger partial charge in [-0.2, -0.15) is 0 Å². The van der Waals surface area contributed by atoms with E-state index in [-0.39, 0.29) is 5.56 Å². The van der Waals surface area contributed by atoms with Gasteiger partial charge in [-0.05, 0) is 43.0 Å². The molecule has 4 nitrogen and oxygen atoms in total. The number of ether oxygens (including phenoxy) is 1. The molecule has 0 bridgehead atoms. The number of benzene rings is 2. The molecule has 2 heterocycles. The van der Waals surface area contributed by atoms with Crippen molar-refractivity contribution in [3.63, 3.8) is 0 Å². The predicted octanol–water partition coefficient (Wildman–Crippen LogP) is 3.35. The third kappa shape index (κ3) is 2.92. The minimum atomic E-state index is 0.0576. The topological polar surface area (TPSA) is 44.1 Å². The molecule has 2 aromatic carbocycles. The summed E-state index contributed by atoms with van der Waals surface area (Å²) in [5, 5.41) is 0.654. The Morgan fingerprint density at radius 1 is 1.12 bits per heavy atom. The second-order valence-corrected chi connectivity index (χ2v) is 6.20. The maximum atomic E-state index is 12.6. The van der Waals surface area contributed by atoms with Crippen LogP contribution in [0, 0.1) is 0 Å². The molecular weight excluding hydrogens is 300 g/mol. The van der Waals surface area contributed by atoms with Crippen molar-refractivity contribution in [3.8, 4) is 5.75 Å². The summed E-state index contributed by atoms with van der Waals surface area (Å²) in [6.45, 7) is 1.42. The minimum absolute atomic E-state index is 0.0576. The number of aryl methyl sites for hydroxylation is 2. The summed E-state index contributed by atoms with van der Waals surface area (Å²) < 4.78 is 7.63. The van der Waals surface area contributed by atoms with Crippen LogP contribution in [0.25, 0.3) is 10.9 Å². The number of nitrogens with zero attached hydrogens (tertiary/aromatic N) is 2. The van der Waals surface area contributed by atoms with Gasteiger partial charge in [0.15, 0.2) is 0 Å². The zero-order chi connectivity index (χ0) is 16.4. The van der Waals surface area contributed by atoms with Crippen LogP contribution in [-0.4, -0.2) is 16.2 Å². The first kappa shape index (κ1) is 14.9. The molecular formula is C20H20N2O2. The zero-order valence-corrected chi connectivity index (χ0v) is 13.6. The van der Waals surface area contributed by atoms with Crippen LogP contribution >= 0.6 is 0 Å². The second-order valence-electron chi connectivity index (χ2n) is 6.20. The summed E-state index contributed by atoms with van der Waals surface area (Å²) in [7, 11) is 0. The number of fused-ring (bicyclic) bond motifs is 2. The third-order valence-electron chi connectivity index (χ3n) is 4.51. The van der Waals surface area contributed by atoms with E-state index in [0.717, 1.165) is 49.3 Å². The first-order valence-electron chi connectivity index (χ1n) is 8.51. The van der Waals surface area contributed by atoms with Gasteiger partial charge in [0.1, 0.15) is 11.6 Å². The lowest BCUT2D eigenvalue weighted by Crippen LogP contribution is -2.20. The van der Waals surface area contributed by atoms with Crippen molar-refractivity contribution in [2.24, 2.45) is 0 Å². The molecule has 3 aromatic rings. The van der Waals surface area contributed by atoms with Gasteiger partial charge in [0.2, 0.25) is 0 Å². The largest absolute Gasteiger partial charge is 0.494 e. The molecule has 0 spiro atoms. The van der Waals surface area contributed by atoms with Crippen LogP contribution in [0.4, 0.5) is 0 Å². The predicted molar refractivity (Wildman–Crippen MR) is 94.6 cm³/mol. The van der Waals surface area contributed by atoms with E-state index in [1.54, 1.807) is 4.57 Å². The van der Waals surface area contributed by atoms with Crippen molar-refractivity contribution < 1.29 is 4.74 Å². The Bertz CT molecular complexity index is 916. The molecule has 0 fully saturated rings. The van der Waals surface area contributed by atoms with Gasteiger partial charge in [-0.1, -0.05) is 30.3 Å². The summed E-state index contributed by atoms with van der Waals surface area (Å²) in [6.07, 6.45) is 3.83. The van der Waals surface area contributed by atoms with E-state index in [1.807, 2.05) is 24.3 Å². The highest BCUT2D eigenvalue weighted by Crippen LogP contribution is 2.20. The standard InChI is InChI=1S/C20H20N2O2/c23-20-17-14-16(24-13-5-8-15-6-2-1-3-7-15)10-11-18(17)21-19-9-4-12-22(19)20/h1-3,6-7,10-11,14H,4-5,8-9,12-13H2. The van der Waals surface area contributed by atoms with E-state index in [2.05, 4.69) is 29.2 Å². The lowest BCUT2D eigenvalue weighted by molar-refractivity contribution is 0.311. The SMILES string of the molecule is O=c1c2cc(OCCCc3ccccc3)ccc2nc2n1CCC2. The van der Waals surface area contributed by atoms with Gasteiger partial charge in [-0.3, -0.25) is 9.36 Å². The first-order valence-corrected chi connectivity index (χ1v) is 8.51. The summed E-state index contributed by atoms with van der Waals surface area (Å²) in [5.41, 5.74) is 2.14. The molecule has 0 unspecified atom stereocenters. The minimum Gasteiger partial charge on any atom is -0.494 e. The molecule has 0 radical (unpaired) electrons. The van der Waals surface area contributed by atoms with E-state index < -0.39 is 0 Å². The van der Waals surface area contributed by atoms with Gasteiger partial charge in [0.25, 0.3) is 5.56 Å². The van der Waals surface area contributed by atoms with E-state index >= 15 is 0 Å². The van der Waals surface area contributed by atoms with E-state index in [1.165, 1.54) is 5.56 Å². The fraction of sp³-hybridized carbons (Fsp3) is 0.300. The molecule has 4 heteroatoms. The number of rotatable bonds is 5. The van der Waals surface area contributed by atoms with E-state index in [9.17, 15) is 4.79 Å². The lowest BCUT2D eigenvalue weighted by Gasteiger charge is -2.09. The molecule has 1 aliphatic heterocycles. The van der Waals surface area contributed by atoms with Crippen LogP contribution in [0.15, 0.2) is 53.3 Å². The Hall–Kier alpha value is -2.62. The van der Waals surface area contributed by atoms with Crippen molar-refractivity contribution in [1.29, 1.82) is 0 Å². The van der Waals surface area contributed by atoms with Crippen molar-refractivity contribution in [2.45, 2.75) is 32.2 Å². The Morgan fingerprint density at radius 2 is 2.00 bits per heavy atom. The Morgan fingerprint density at radius 3 is 2.88 bits per heavy atom. The molecule has 24 heavy (non-hydrogen) atoms. The molecule has 4 rings (SSSR count). The van der Waals surface area contributed by atoms with Crippen LogP contribution in [0.2, 0.25) is 0 Å². The molecule has 1 aromatic heterocycles. The van der Waals surface area contributed by atoms with Gasteiger partial charge >= 0.3 is 0 Å². The molecule has 0 atom stereocenters. The van der Waals surface area contributed by atoms with Crippen LogP contribution in [-0.2, 0) is 19.4 Å². The van der Waals surface area contributed by atoms with Crippen molar-refractivity contribution in [3.05, 3.63) is 70.3 Å². The summed E-state index contributed by atoms with van der Waals surface area (Å²) in [6, 6.07) is 16.0. The zero-order valence-electron chi connectivity index (χ0n) is 13.6. The molecule has 0 saturated carbocycles. The van der Waals surface area contributed by atoms with Gasteiger partial charge in [-0.25, -0.2) is 4.98 Å². The second kappa shape index (κ2) is 6.48. The van der Waals surface area contributed by atoms with Crippen LogP contribution in [0.1, 0.15) is 24.2 Å². The molecule has 0 saturated heterocycles. The highest BCUT2D eigenvalue weighted by Gasteiger charge is 2.16. The highest BCUT2D eigenvalue weighted by molar-refractivity contribution is 5.79. The van der Waals surface area contributed by atoms with Gasteiger partial charge in [-0.15, -0.1) is 0 Å². The third-order valence-corrected chi connectivity index (χ3v) is 4.51. The first-order chi connectivity index (χ1) is 11.8. The smallest absolute Gasteiger partial charge is 0.261 e. The molecule has 0 aliphatic carbocycles. The highest BCUT2D eigenvalue weighted by atomic mass is 16.5.